The summed E-state index contributed by atoms with van der Waals surface area (Å²) in [5.41, 5.74) is 0. The van der Waals surface area contributed by atoms with Gasteiger partial charge in [-0.15, -0.1) is 0 Å². The van der Waals surface area contributed by atoms with E-state index < -0.39 is 0 Å². The lowest BCUT2D eigenvalue weighted by Crippen LogP contribution is -2.26. The monoisotopic (exact) mass is 211 g/mol. The third-order valence-electron chi connectivity index (χ3n) is 2.66. The minimum atomic E-state index is 1.26. The van der Waals surface area contributed by atoms with Gasteiger partial charge in [0.15, 0.2) is 0 Å². The Morgan fingerprint density at radius 2 is 1.53 bits per heavy atom. The standard InChI is InChI=1S/C14H29N/c1-4-7-8-9-10-11-14-15(12-5-2)13-6-3/h4,7H,5-6,8-14H2,1-3H3/b7-4+. The zero-order valence-corrected chi connectivity index (χ0v) is 11.0. The first kappa shape index (κ1) is 14.7. The number of hydrogen-bond acceptors (Lipinski definition) is 1. The van der Waals surface area contributed by atoms with Crippen LogP contribution in [-0.2, 0) is 0 Å². The van der Waals surface area contributed by atoms with E-state index in [1.54, 1.807) is 0 Å². The molecule has 0 unspecified atom stereocenters. The highest BCUT2D eigenvalue weighted by Crippen LogP contribution is 2.03. The number of nitrogens with zero attached hydrogens (tertiary/aromatic N) is 1. The lowest BCUT2D eigenvalue weighted by molar-refractivity contribution is 0.268. The Hall–Kier alpha value is -0.300. The molecule has 0 saturated heterocycles. The van der Waals surface area contributed by atoms with Gasteiger partial charge in [-0.25, -0.2) is 0 Å². The Morgan fingerprint density at radius 3 is 2.07 bits per heavy atom. The maximum absolute atomic E-state index is 2.61. The molecule has 90 valence electrons. The predicted molar refractivity (Wildman–Crippen MR) is 70.3 cm³/mol. The number of hydrogen-bond donors (Lipinski definition) is 0. The van der Waals surface area contributed by atoms with Crippen molar-refractivity contribution >= 4 is 0 Å². The van der Waals surface area contributed by atoms with Crippen LogP contribution in [0.4, 0.5) is 0 Å². The van der Waals surface area contributed by atoms with E-state index in [9.17, 15) is 0 Å². The SMILES string of the molecule is C/C=C/CCCCCN(CCC)CCC. The molecular weight excluding hydrogens is 182 g/mol. The van der Waals surface area contributed by atoms with Crippen molar-refractivity contribution in [2.45, 2.75) is 59.3 Å². The van der Waals surface area contributed by atoms with Gasteiger partial charge in [0.05, 0.1) is 0 Å². The normalized spacial score (nSPS) is 11.7. The van der Waals surface area contributed by atoms with Crippen molar-refractivity contribution in [1.82, 2.24) is 4.90 Å². The minimum Gasteiger partial charge on any atom is -0.303 e. The molecule has 0 aliphatic heterocycles. The molecule has 0 fully saturated rings. The van der Waals surface area contributed by atoms with Gasteiger partial charge < -0.3 is 4.90 Å². The Morgan fingerprint density at radius 1 is 0.867 bits per heavy atom. The summed E-state index contributed by atoms with van der Waals surface area (Å²) in [4.78, 5) is 2.61. The van der Waals surface area contributed by atoms with E-state index in [1.807, 2.05) is 0 Å². The van der Waals surface area contributed by atoms with Gasteiger partial charge in [0.1, 0.15) is 0 Å². The zero-order valence-electron chi connectivity index (χ0n) is 11.0. The molecular formula is C14H29N. The quantitative estimate of drug-likeness (QED) is 0.386. The van der Waals surface area contributed by atoms with Crippen molar-refractivity contribution in [3.63, 3.8) is 0 Å². The van der Waals surface area contributed by atoms with Gasteiger partial charge >= 0.3 is 0 Å². The smallest absolute Gasteiger partial charge is 0.00187 e. The van der Waals surface area contributed by atoms with E-state index >= 15 is 0 Å². The summed E-state index contributed by atoms with van der Waals surface area (Å²) in [6, 6.07) is 0. The van der Waals surface area contributed by atoms with E-state index in [0.29, 0.717) is 0 Å². The molecule has 0 aliphatic carbocycles. The van der Waals surface area contributed by atoms with Crippen molar-refractivity contribution in [2.24, 2.45) is 0 Å². The zero-order chi connectivity index (χ0) is 11.4. The van der Waals surface area contributed by atoms with E-state index in [2.05, 4.69) is 37.8 Å². The van der Waals surface area contributed by atoms with Gasteiger partial charge in [-0.05, 0) is 58.7 Å². The molecule has 1 nitrogen and oxygen atoms in total. The lowest BCUT2D eigenvalue weighted by Gasteiger charge is -2.20. The third-order valence-corrected chi connectivity index (χ3v) is 2.66. The Kier molecular flexibility index (Phi) is 11.5. The third kappa shape index (κ3) is 9.99. The second-order valence-corrected chi connectivity index (χ2v) is 4.26. The summed E-state index contributed by atoms with van der Waals surface area (Å²) >= 11 is 0. The van der Waals surface area contributed by atoms with Gasteiger partial charge in [-0.2, -0.15) is 0 Å². The van der Waals surface area contributed by atoms with Crippen LogP contribution in [0.3, 0.4) is 0 Å². The highest BCUT2D eigenvalue weighted by atomic mass is 15.1. The highest BCUT2D eigenvalue weighted by Gasteiger charge is 2.00. The van der Waals surface area contributed by atoms with Gasteiger partial charge in [0, 0.05) is 0 Å². The molecule has 0 aromatic carbocycles. The van der Waals surface area contributed by atoms with Gasteiger partial charge in [0.2, 0.25) is 0 Å². The fraction of sp³-hybridized carbons (Fsp3) is 0.857. The van der Waals surface area contributed by atoms with Crippen molar-refractivity contribution < 1.29 is 0 Å². The van der Waals surface area contributed by atoms with Crippen LogP contribution in [0.1, 0.15) is 59.3 Å². The summed E-state index contributed by atoms with van der Waals surface area (Å²) in [5, 5.41) is 0. The largest absolute Gasteiger partial charge is 0.303 e. The van der Waals surface area contributed by atoms with Crippen molar-refractivity contribution in [1.29, 1.82) is 0 Å². The molecule has 0 amide bonds. The van der Waals surface area contributed by atoms with E-state index in [-0.39, 0.29) is 0 Å². The minimum absolute atomic E-state index is 1.26. The molecule has 1 heteroatoms. The molecule has 0 aromatic heterocycles. The van der Waals surface area contributed by atoms with E-state index in [0.717, 1.165) is 0 Å². The lowest BCUT2D eigenvalue weighted by atomic mass is 10.2. The van der Waals surface area contributed by atoms with Gasteiger partial charge in [0.25, 0.3) is 0 Å². The maximum atomic E-state index is 2.61. The van der Waals surface area contributed by atoms with Crippen LogP contribution in [0.15, 0.2) is 12.2 Å². The molecule has 0 N–H and O–H groups in total. The molecule has 0 spiro atoms. The fourth-order valence-electron chi connectivity index (χ4n) is 1.91. The molecule has 0 bridgehead atoms. The molecule has 0 aliphatic rings. The van der Waals surface area contributed by atoms with Crippen LogP contribution >= 0.6 is 0 Å². The summed E-state index contributed by atoms with van der Waals surface area (Å²) in [6.07, 6.45) is 12.4. The number of unbranched alkanes of at least 4 members (excludes halogenated alkanes) is 3. The highest BCUT2D eigenvalue weighted by molar-refractivity contribution is 4.76. The van der Waals surface area contributed by atoms with Gasteiger partial charge in [-0.3, -0.25) is 0 Å². The summed E-state index contributed by atoms with van der Waals surface area (Å²) in [6.45, 7) is 10.5. The Labute approximate surface area is 96.6 Å². The van der Waals surface area contributed by atoms with Crippen molar-refractivity contribution in [3.8, 4) is 0 Å². The van der Waals surface area contributed by atoms with Crippen LogP contribution in [0.5, 0.6) is 0 Å². The van der Waals surface area contributed by atoms with Crippen LogP contribution in [0, 0.1) is 0 Å². The average molecular weight is 211 g/mol. The first-order chi connectivity index (χ1) is 7.35. The van der Waals surface area contributed by atoms with E-state index in [1.165, 1.54) is 58.2 Å². The summed E-state index contributed by atoms with van der Waals surface area (Å²) < 4.78 is 0. The Balaban J connectivity index is 3.35. The van der Waals surface area contributed by atoms with Crippen LogP contribution < -0.4 is 0 Å². The second kappa shape index (κ2) is 11.8. The van der Waals surface area contributed by atoms with Gasteiger partial charge in [-0.1, -0.05) is 32.4 Å². The average Bonchev–Trinajstić information content (AvgIpc) is 2.24. The summed E-state index contributed by atoms with van der Waals surface area (Å²) in [7, 11) is 0. The molecule has 0 rings (SSSR count). The first-order valence-electron chi connectivity index (χ1n) is 6.68. The molecule has 15 heavy (non-hydrogen) atoms. The van der Waals surface area contributed by atoms with Crippen LogP contribution in [0.25, 0.3) is 0 Å². The van der Waals surface area contributed by atoms with Crippen LogP contribution in [0.2, 0.25) is 0 Å². The van der Waals surface area contributed by atoms with Crippen LogP contribution in [-0.4, -0.2) is 24.5 Å². The topological polar surface area (TPSA) is 3.24 Å². The number of allylic oxidation sites excluding steroid dienone is 2. The number of rotatable bonds is 10. The summed E-state index contributed by atoms with van der Waals surface area (Å²) in [5.74, 6) is 0. The van der Waals surface area contributed by atoms with Crippen molar-refractivity contribution in [2.75, 3.05) is 19.6 Å². The fourth-order valence-corrected chi connectivity index (χ4v) is 1.91. The maximum Gasteiger partial charge on any atom is -0.00187 e. The molecule has 0 radical (unpaired) electrons. The molecule has 0 aromatic rings. The molecule has 0 atom stereocenters. The second-order valence-electron chi connectivity index (χ2n) is 4.26. The molecule has 0 heterocycles. The molecule has 0 saturated carbocycles. The Bertz CT molecular complexity index is 134. The first-order valence-corrected chi connectivity index (χ1v) is 6.68. The predicted octanol–water partition coefficient (Wildman–Crippen LogP) is 4.24. The van der Waals surface area contributed by atoms with Crippen molar-refractivity contribution in [3.05, 3.63) is 12.2 Å². The van der Waals surface area contributed by atoms with E-state index in [4.69, 9.17) is 0 Å².